The molecule has 2 aromatic rings. The largest absolute Gasteiger partial charge is 0.313 e. The first-order chi connectivity index (χ1) is 9.11. The van der Waals surface area contributed by atoms with E-state index in [1.54, 1.807) is 24.4 Å². The fraction of sp³-hybridized carbons (Fsp3) is 0.267. The van der Waals surface area contributed by atoms with Crippen molar-refractivity contribution >= 4 is 11.6 Å². The van der Waals surface area contributed by atoms with Gasteiger partial charge in [0.05, 0.1) is 5.02 Å². The molecule has 1 N–H and O–H groups in total. The van der Waals surface area contributed by atoms with Gasteiger partial charge in [0.25, 0.3) is 0 Å². The minimum atomic E-state index is -0.338. The van der Waals surface area contributed by atoms with E-state index in [1.807, 2.05) is 26.1 Å². The summed E-state index contributed by atoms with van der Waals surface area (Å²) in [6, 6.07) is 9.07. The van der Waals surface area contributed by atoms with Crippen LogP contribution in [0.2, 0.25) is 5.02 Å². The number of nitrogens with one attached hydrogen (secondary N) is 1. The van der Waals surface area contributed by atoms with Gasteiger partial charge in [-0.1, -0.05) is 23.7 Å². The molecule has 1 unspecified atom stereocenters. The van der Waals surface area contributed by atoms with Crippen LogP contribution in [-0.4, -0.2) is 12.0 Å². The molecule has 0 bridgehead atoms. The number of likely N-dealkylation sites (N-methyl/N-ethyl adjacent to an activating group) is 1. The molecule has 0 aliphatic carbocycles. The molecule has 1 aromatic carbocycles. The van der Waals surface area contributed by atoms with Crippen LogP contribution in [0.25, 0.3) is 0 Å². The summed E-state index contributed by atoms with van der Waals surface area (Å²) in [5.41, 5.74) is 2.65. The zero-order valence-electron chi connectivity index (χ0n) is 11.0. The van der Waals surface area contributed by atoms with Gasteiger partial charge >= 0.3 is 0 Å². The van der Waals surface area contributed by atoms with Crippen molar-refractivity contribution in [1.82, 2.24) is 10.3 Å². The molecule has 1 heterocycles. The van der Waals surface area contributed by atoms with Gasteiger partial charge in [-0.05, 0) is 49.7 Å². The molecule has 4 heteroatoms. The first-order valence-corrected chi connectivity index (χ1v) is 6.52. The summed E-state index contributed by atoms with van der Waals surface area (Å²) in [5.74, 6) is -0.338. The standard InChI is InChI=1S/C15H16ClFN2/c1-10-8-11(6-7-19-10)14(18-2)9-12-4-3-5-13(16)15(12)17/h3-8,14,18H,9H2,1-2H3. The Hall–Kier alpha value is -1.45. The maximum atomic E-state index is 13.9. The fourth-order valence-corrected chi connectivity index (χ4v) is 2.29. The number of hydrogen-bond donors (Lipinski definition) is 1. The summed E-state index contributed by atoms with van der Waals surface area (Å²) >= 11 is 5.81. The maximum absolute atomic E-state index is 13.9. The molecule has 19 heavy (non-hydrogen) atoms. The van der Waals surface area contributed by atoms with Crippen molar-refractivity contribution in [3.05, 3.63) is 64.2 Å². The Morgan fingerprint density at radius 2 is 2.16 bits per heavy atom. The van der Waals surface area contributed by atoms with Gasteiger partial charge in [-0.25, -0.2) is 4.39 Å². The fourth-order valence-electron chi connectivity index (χ4n) is 2.10. The van der Waals surface area contributed by atoms with Gasteiger partial charge in [-0.15, -0.1) is 0 Å². The third kappa shape index (κ3) is 3.31. The lowest BCUT2D eigenvalue weighted by atomic mass is 9.99. The van der Waals surface area contributed by atoms with E-state index in [0.29, 0.717) is 12.0 Å². The Morgan fingerprint density at radius 3 is 2.84 bits per heavy atom. The Morgan fingerprint density at radius 1 is 1.37 bits per heavy atom. The van der Waals surface area contributed by atoms with E-state index in [9.17, 15) is 4.39 Å². The molecule has 0 fully saturated rings. The maximum Gasteiger partial charge on any atom is 0.145 e. The SMILES string of the molecule is CNC(Cc1cccc(Cl)c1F)c1ccnc(C)c1. The lowest BCUT2D eigenvalue weighted by Gasteiger charge is -2.17. The van der Waals surface area contributed by atoms with Crippen molar-refractivity contribution < 1.29 is 4.39 Å². The van der Waals surface area contributed by atoms with Crippen molar-refractivity contribution in [1.29, 1.82) is 0 Å². The molecule has 100 valence electrons. The van der Waals surface area contributed by atoms with Crippen LogP contribution in [0.3, 0.4) is 0 Å². The number of hydrogen-bond acceptors (Lipinski definition) is 2. The monoisotopic (exact) mass is 278 g/mol. The van der Waals surface area contributed by atoms with E-state index in [0.717, 1.165) is 11.3 Å². The summed E-state index contributed by atoms with van der Waals surface area (Å²) in [6.07, 6.45) is 2.32. The van der Waals surface area contributed by atoms with E-state index in [2.05, 4.69) is 10.3 Å². The van der Waals surface area contributed by atoms with Gasteiger partial charge in [-0.3, -0.25) is 4.98 Å². The number of aromatic nitrogens is 1. The van der Waals surface area contributed by atoms with E-state index >= 15 is 0 Å². The molecule has 0 saturated carbocycles. The van der Waals surface area contributed by atoms with Gasteiger partial charge in [0.2, 0.25) is 0 Å². The third-order valence-corrected chi connectivity index (χ3v) is 3.42. The molecule has 0 spiro atoms. The Bertz CT molecular complexity index is 572. The molecule has 0 amide bonds. The molecule has 1 aromatic heterocycles. The van der Waals surface area contributed by atoms with Crippen LogP contribution in [0.15, 0.2) is 36.5 Å². The molecule has 2 rings (SSSR count). The van der Waals surface area contributed by atoms with E-state index in [4.69, 9.17) is 11.6 Å². The van der Waals surface area contributed by atoms with Gasteiger partial charge in [-0.2, -0.15) is 0 Å². The van der Waals surface area contributed by atoms with Crippen LogP contribution in [0, 0.1) is 12.7 Å². The van der Waals surface area contributed by atoms with Gasteiger partial charge in [0.15, 0.2) is 0 Å². The Balaban J connectivity index is 2.26. The lowest BCUT2D eigenvalue weighted by molar-refractivity contribution is 0.554. The van der Waals surface area contributed by atoms with Gasteiger partial charge in [0, 0.05) is 17.9 Å². The highest BCUT2D eigenvalue weighted by atomic mass is 35.5. The topological polar surface area (TPSA) is 24.9 Å². The number of nitrogens with zero attached hydrogens (tertiary/aromatic N) is 1. The average Bonchev–Trinajstić information content (AvgIpc) is 2.40. The molecule has 0 aliphatic heterocycles. The number of benzene rings is 1. The quantitative estimate of drug-likeness (QED) is 0.923. The minimum absolute atomic E-state index is 0.0367. The van der Waals surface area contributed by atoms with Crippen molar-refractivity contribution in [2.24, 2.45) is 0 Å². The summed E-state index contributed by atoms with van der Waals surface area (Å²) in [6.45, 7) is 1.94. The van der Waals surface area contributed by atoms with Crippen molar-refractivity contribution in [2.45, 2.75) is 19.4 Å². The van der Waals surface area contributed by atoms with Gasteiger partial charge < -0.3 is 5.32 Å². The molecule has 2 nitrogen and oxygen atoms in total. The first kappa shape index (κ1) is 14.0. The van der Waals surface area contributed by atoms with Crippen molar-refractivity contribution in [3.8, 4) is 0 Å². The second-order valence-corrected chi connectivity index (χ2v) is 4.90. The number of halogens is 2. The Labute approximate surface area is 117 Å². The highest BCUT2D eigenvalue weighted by Crippen LogP contribution is 2.23. The average molecular weight is 279 g/mol. The predicted octanol–water partition coefficient (Wildman–Crippen LogP) is 3.69. The molecular weight excluding hydrogens is 263 g/mol. The normalized spacial score (nSPS) is 12.4. The molecule has 1 atom stereocenters. The van der Waals surface area contributed by atoms with Crippen LogP contribution < -0.4 is 5.32 Å². The van der Waals surface area contributed by atoms with Crippen LogP contribution in [-0.2, 0) is 6.42 Å². The molecule has 0 aliphatic rings. The predicted molar refractivity (Wildman–Crippen MR) is 75.9 cm³/mol. The molecule has 0 saturated heterocycles. The van der Waals surface area contributed by atoms with Crippen LogP contribution >= 0.6 is 11.6 Å². The third-order valence-electron chi connectivity index (χ3n) is 3.13. The minimum Gasteiger partial charge on any atom is -0.313 e. The van der Waals surface area contributed by atoms with Gasteiger partial charge in [0.1, 0.15) is 5.82 Å². The summed E-state index contributed by atoms with van der Waals surface area (Å²) in [5, 5.41) is 3.37. The van der Waals surface area contributed by atoms with Crippen molar-refractivity contribution in [3.63, 3.8) is 0 Å². The number of pyridine rings is 1. The van der Waals surface area contributed by atoms with Crippen LogP contribution in [0.4, 0.5) is 4.39 Å². The summed E-state index contributed by atoms with van der Waals surface area (Å²) in [7, 11) is 1.86. The highest BCUT2D eigenvalue weighted by molar-refractivity contribution is 6.30. The zero-order valence-corrected chi connectivity index (χ0v) is 11.7. The second kappa shape index (κ2) is 6.13. The lowest BCUT2D eigenvalue weighted by Crippen LogP contribution is -2.19. The van der Waals surface area contributed by atoms with E-state index < -0.39 is 0 Å². The molecular formula is C15H16ClFN2. The number of rotatable bonds is 4. The second-order valence-electron chi connectivity index (χ2n) is 4.49. The number of aryl methyl sites for hydroxylation is 1. The van der Waals surface area contributed by atoms with Crippen molar-refractivity contribution in [2.75, 3.05) is 7.05 Å². The summed E-state index contributed by atoms with van der Waals surface area (Å²) in [4.78, 5) is 4.17. The van der Waals surface area contributed by atoms with Crippen LogP contribution in [0.1, 0.15) is 22.9 Å². The van der Waals surface area contributed by atoms with E-state index in [1.165, 1.54) is 0 Å². The Kier molecular flexibility index (Phi) is 4.51. The van der Waals surface area contributed by atoms with E-state index in [-0.39, 0.29) is 16.9 Å². The zero-order chi connectivity index (χ0) is 13.8. The smallest absolute Gasteiger partial charge is 0.145 e. The first-order valence-electron chi connectivity index (χ1n) is 6.14. The molecule has 0 radical (unpaired) electrons. The van der Waals surface area contributed by atoms with Crippen LogP contribution in [0.5, 0.6) is 0 Å². The highest BCUT2D eigenvalue weighted by Gasteiger charge is 2.14. The summed E-state index contributed by atoms with van der Waals surface area (Å²) < 4.78 is 13.9.